The van der Waals surface area contributed by atoms with Crippen LogP contribution in [0.5, 0.6) is 0 Å². The van der Waals surface area contributed by atoms with Crippen LogP contribution in [0.4, 0.5) is 5.69 Å². The Labute approximate surface area is 115 Å². The van der Waals surface area contributed by atoms with Crippen LogP contribution >= 0.6 is 11.6 Å². The van der Waals surface area contributed by atoms with Gasteiger partial charge in [0.1, 0.15) is 5.02 Å². The molecule has 102 valence electrons. The van der Waals surface area contributed by atoms with Crippen LogP contribution in [0.2, 0.25) is 5.02 Å². The third-order valence-electron chi connectivity index (χ3n) is 2.90. The molecule has 7 heteroatoms. The summed E-state index contributed by atoms with van der Waals surface area (Å²) in [5.41, 5.74) is 0.0246. The van der Waals surface area contributed by atoms with Crippen molar-refractivity contribution in [1.82, 2.24) is 4.90 Å². The molecule has 19 heavy (non-hydrogen) atoms. The van der Waals surface area contributed by atoms with E-state index < -0.39 is 4.92 Å². The molecule has 0 aromatic heterocycles. The van der Waals surface area contributed by atoms with Gasteiger partial charge in [0.25, 0.3) is 11.6 Å². The van der Waals surface area contributed by atoms with Crippen LogP contribution in [0.1, 0.15) is 16.8 Å². The summed E-state index contributed by atoms with van der Waals surface area (Å²) >= 11 is 5.72. The van der Waals surface area contributed by atoms with Crippen molar-refractivity contribution in [2.24, 2.45) is 0 Å². The molecular formula is C12H13ClN2O4. The van der Waals surface area contributed by atoms with Gasteiger partial charge in [-0.3, -0.25) is 14.9 Å². The number of halogens is 1. The summed E-state index contributed by atoms with van der Waals surface area (Å²) in [5.74, 6) is -0.231. The highest BCUT2D eigenvalue weighted by molar-refractivity contribution is 6.32. The predicted molar refractivity (Wildman–Crippen MR) is 69.4 cm³/mol. The van der Waals surface area contributed by atoms with E-state index in [1.165, 1.54) is 18.2 Å². The van der Waals surface area contributed by atoms with E-state index in [0.717, 1.165) is 6.42 Å². The van der Waals surface area contributed by atoms with Gasteiger partial charge in [-0.15, -0.1) is 0 Å². The van der Waals surface area contributed by atoms with Gasteiger partial charge < -0.3 is 9.64 Å². The Hall–Kier alpha value is -1.66. The van der Waals surface area contributed by atoms with E-state index in [9.17, 15) is 14.9 Å². The van der Waals surface area contributed by atoms with E-state index in [4.69, 9.17) is 16.3 Å². The maximum atomic E-state index is 12.2. The van der Waals surface area contributed by atoms with Crippen LogP contribution in [0.25, 0.3) is 0 Å². The summed E-state index contributed by atoms with van der Waals surface area (Å²) in [6, 6.07) is 4.10. The van der Waals surface area contributed by atoms with Gasteiger partial charge in [-0.05, 0) is 18.6 Å². The van der Waals surface area contributed by atoms with E-state index in [0.29, 0.717) is 26.3 Å². The van der Waals surface area contributed by atoms with Crippen molar-refractivity contribution >= 4 is 23.2 Å². The largest absolute Gasteiger partial charge is 0.380 e. The summed E-state index contributed by atoms with van der Waals surface area (Å²) in [7, 11) is 0. The van der Waals surface area contributed by atoms with Crippen molar-refractivity contribution in [2.75, 3.05) is 26.3 Å². The SMILES string of the molecule is O=C(c1ccc(Cl)c([N+](=O)[O-])c1)N1CCCOCC1. The standard InChI is InChI=1S/C12H13ClN2O4/c13-10-3-2-9(8-11(10)15(17)18)12(16)14-4-1-6-19-7-5-14/h2-3,8H,1,4-7H2. The van der Waals surface area contributed by atoms with Crippen molar-refractivity contribution in [3.05, 3.63) is 38.9 Å². The highest BCUT2D eigenvalue weighted by atomic mass is 35.5. The minimum atomic E-state index is -0.593. The van der Waals surface area contributed by atoms with Crippen molar-refractivity contribution in [3.8, 4) is 0 Å². The first-order chi connectivity index (χ1) is 9.09. The smallest absolute Gasteiger partial charge is 0.288 e. The molecule has 0 atom stereocenters. The van der Waals surface area contributed by atoms with Crippen LogP contribution in [-0.2, 0) is 4.74 Å². The molecule has 0 bridgehead atoms. The van der Waals surface area contributed by atoms with Crippen LogP contribution in [0.15, 0.2) is 18.2 Å². The molecule has 1 heterocycles. The molecule has 0 unspecified atom stereocenters. The Bertz CT molecular complexity index is 499. The van der Waals surface area contributed by atoms with Crippen LogP contribution in [0, 0.1) is 10.1 Å². The van der Waals surface area contributed by atoms with Crippen LogP contribution < -0.4 is 0 Å². The molecule has 1 aromatic rings. The number of rotatable bonds is 2. The zero-order chi connectivity index (χ0) is 13.8. The molecule has 0 radical (unpaired) electrons. The van der Waals surface area contributed by atoms with E-state index in [2.05, 4.69) is 0 Å². The van der Waals surface area contributed by atoms with Gasteiger partial charge in [-0.25, -0.2) is 0 Å². The molecule has 0 saturated carbocycles. The Balaban J connectivity index is 2.23. The first-order valence-electron chi connectivity index (χ1n) is 5.90. The molecule has 6 nitrogen and oxygen atoms in total. The molecule has 1 saturated heterocycles. The first-order valence-corrected chi connectivity index (χ1v) is 6.28. The number of nitrogens with zero attached hydrogens (tertiary/aromatic N) is 2. The van der Waals surface area contributed by atoms with Gasteiger partial charge >= 0.3 is 0 Å². The minimum absolute atomic E-state index is 0.0285. The number of nitro benzene ring substituents is 1. The summed E-state index contributed by atoms with van der Waals surface area (Å²) in [6.07, 6.45) is 0.765. The molecule has 0 N–H and O–H groups in total. The van der Waals surface area contributed by atoms with Crippen molar-refractivity contribution in [2.45, 2.75) is 6.42 Å². The molecule has 2 rings (SSSR count). The molecular weight excluding hydrogens is 272 g/mol. The highest BCUT2D eigenvalue weighted by Gasteiger charge is 2.21. The summed E-state index contributed by atoms with van der Waals surface area (Å²) < 4.78 is 5.27. The number of hydrogen-bond acceptors (Lipinski definition) is 4. The Morgan fingerprint density at radius 3 is 2.89 bits per heavy atom. The average molecular weight is 285 g/mol. The second-order valence-electron chi connectivity index (χ2n) is 4.18. The number of benzene rings is 1. The number of carbonyl (C=O) groups excluding carboxylic acids is 1. The molecule has 1 aliphatic rings. The molecule has 1 aromatic carbocycles. The minimum Gasteiger partial charge on any atom is -0.380 e. The fourth-order valence-corrected chi connectivity index (χ4v) is 2.10. The van der Waals surface area contributed by atoms with Gasteiger partial charge in [-0.2, -0.15) is 0 Å². The van der Waals surface area contributed by atoms with Gasteiger partial charge in [0.05, 0.1) is 11.5 Å². The second-order valence-corrected chi connectivity index (χ2v) is 4.59. The van der Waals surface area contributed by atoms with Crippen LogP contribution in [-0.4, -0.2) is 42.0 Å². The Morgan fingerprint density at radius 1 is 1.37 bits per heavy atom. The topological polar surface area (TPSA) is 72.7 Å². The Kier molecular flexibility index (Phi) is 4.34. The van der Waals surface area contributed by atoms with E-state index in [-0.39, 0.29) is 22.2 Å². The fraction of sp³-hybridized carbons (Fsp3) is 0.417. The molecule has 1 aliphatic heterocycles. The van der Waals surface area contributed by atoms with E-state index >= 15 is 0 Å². The average Bonchev–Trinajstić information content (AvgIpc) is 2.67. The molecule has 1 amide bonds. The number of ether oxygens (including phenoxy) is 1. The van der Waals surface area contributed by atoms with E-state index in [1.807, 2.05) is 0 Å². The summed E-state index contributed by atoms with van der Waals surface area (Å²) in [5, 5.41) is 10.8. The van der Waals surface area contributed by atoms with Crippen molar-refractivity contribution < 1.29 is 14.5 Å². The van der Waals surface area contributed by atoms with Gasteiger partial charge in [0, 0.05) is 31.3 Å². The lowest BCUT2D eigenvalue weighted by Crippen LogP contribution is -2.33. The third kappa shape index (κ3) is 3.21. The third-order valence-corrected chi connectivity index (χ3v) is 3.22. The van der Waals surface area contributed by atoms with E-state index in [1.54, 1.807) is 4.90 Å². The zero-order valence-corrected chi connectivity index (χ0v) is 10.9. The van der Waals surface area contributed by atoms with Gasteiger partial charge in [0.15, 0.2) is 0 Å². The second kappa shape index (κ2) is 5.99. The maximum Gasteiger partial charge on any atom is 0.288 e. The number of nitro groups is 1. The maximum absolute atomic E-state index is 12.2. The number of amides is 1. The Morgan fingerprint density at radius 2 is 2.16 bits per heavy atom. The summed E-state index contributed by atoms with van der Waals surface area (Å²) in [4.78, 5) is 24.1. The van der Waals surface area contributed by atoms with Gasteiger partial charge in [0.2, 0.25) is 0 Å². The first kappa shape index (κ1) is 13.8. The number of carbonyl (C=O) groups is 1. The lowest BCUT2D eigenvalue weighted by molar-refractivity contribution is -0.384. The normalized spacial score (nSPS) is 15.9. The fourth-order valence-electron chi connectivity index (χ4n) is 1.92. The predicted octanol–water partition coefficient (Wildman–Crippen LogP) is 2.11. The quantitative estimate of drug-likeness (QED) is 0.616. The highest BCUT2D eigenvalue weighted by Crippen LogP contribution is 2.25. The summed E-state index contributed by atoms with van der Waals surface area (Å²) in [6.45, 7) is 2.20. The lowest BCUT2D eigenvalue weighted by atomic mass is 10.1. The van der Waals surface area contributed by atoms with Crippen molar-refractivity contribution in [3.63, 3.8) is 0 Å². The molecule has 1 fully saturated rings. The van der Waals surface area contributed by atoms with Crippen LogP contribution in [0.3, 0.4) is 0 Å². The zero-order valence-electron chi connectivity index (χ0n) is 10.2. The monoisotopic (exact) mass is 284 g/mol. The molecule has 0 aliphatic carbocycles. The van der Waals surface area contributed by atoms with Gasteiger partial charge in [-0.1, -0.05) is 11.6 Å². The van der Waals surface area contributed by atoms with Crippen molar-refractivity contribution in [1.29, 1.82) is 0 Å². The molecule has 0 spiro atoms. The number of hydrogen-bond donors (Lipinski definition) is 0. The lowest BCUT2D eigenvalue weighted by Gasteiger charge is -2.19.